The van der Waals surface area contributed by atoms with Gasteiger partial charge in [0, 0.05) is 19.3 Å². The summed E-state index contributed by atoms with van der Waals surface area (Å²) in [5.41, 5.74) is 5.59. The van der Waals surface area contributed by atoms with E-state index in [4.69, 9.17) is 0 Å². The zero-order valence-electron chi connectivity index (χ0n) is 12.2. The van der Waals surface area contributed by atoms with Crippen LogP contribution >= 0.6 is 0 Å². The SMILES string of the molecule is Cc1cc(C)c(N(C)CCC2CCNC2)c(C)c1. The Morgan fingerprint density at radius 3 is 2.44 bits per heavy atom. The smallest absolute Gasteiger partial charge is 0.0423 e. The molecule has 100 valence electrons. The van der Waals surface area contributed by atoms with E-state index in [1.54, 1.807) is 0 Å². The van der Waals surface area contributed by atoms with E-state index in [-0.39, 0.29) is 0 Å². The lowest BCUT2D eigenvalue weighted by Gasteiger charge is -2.25. The fourth-order valence-electron chi connectivity index (χ4n) is 3.22. The van der Waals surface area contributed by atoms with Gasteiger partial charge in [-0.2, -0.15) is 0 Å². The van der Waals surface area contributed by atoms with Crippen LogP contribution in [0.2, 0.25) is 0 Å². The van der Waals surface area contributed by atoms with Crippen molar-refractivity contribution in [1.82, 2.24) is 5.32 Å². The lowest BCUT2D eigenvalue weighted by Crippen LogP contribution is -2.23. The second-order valence-electron chi connectivity index (χ2n) is 5.82. The van der Waals surface area contributed by atoms with E-state index in [1.165, 1.54) is 48.3 Å². The third-order valence-corrected chi connectivity index (χ3v) is 4.05. The Morgan fingerprint density at radius 2 is 1.89 bits per heavy atom. The van der Waals surface area contributed by atoms with Crippen LogP contribution in [0.3, 0.4) is 0 Å². The van der Waals surface area contributed by atoms with Crippen molar-refractivity contribution in [2.24, 2.45) is 5.92 Å². The maximum atomic E-state index is 3.45. The molecule has 2 nitrogen and oxygen atoms in total. The summed E-state index contributed by atoms with van der Waals surface area (Å²) >= 11 is 0. The average molecular weight is 246 g/mol. The highest BCUT2D eigenvalue weighted by molar-refractivity contribution is 5.59. The van der Waals surface area contributed by atoms with Gasteiger partial charge < -0.3 is 10.2 Å². The van der Waals surface area contributed by atoms with Crippen LogP contribution in [-0.2, 0) is 0 Å². The van der Waals surface area contributed by atoms with Gasteiger partial charge in [0.25, 0.3) is 0 Å². The molecular formula is C16H26N2. The predicted molar refractivity (Wildman–Crippen MR) is 79.5 cm³/mol. The number of benzene rings is 1. The molecule has 1 aliphatic rings. The van der Waals surface area contributed by atoms with E-state index >= 15 is 0 Å². The molecule has 0 amide bonds. The monoisotopic (exact) mass is 246 g/mol. The Balaban J connectivity index is 2.01. The quantitative estimate of drug-likeness (QED) is 0.878. The average Bonchev–Trinajstić information content (AvgIpc) is 2.77. The molecule has 0 aliphatic carbocycles. The molecule has 1 aromatic carbocycles. The number of nitrogens with zero attached hydrogens (tertiary/aromatic N) is 1. The maximum absolute atomic E-state index is 3.45. The molecule has 2 heteroatoms. The van der Waals surface area contributed by atoms with Crippen LogP contribution in [0.4, 0.5) is 5.69 Å². The first-order valence-corrected chi connectivity index (χ1v) is 7.07. The zero-order valence-corrected chi connectivity index (χ0v) is 12.2. The summed E-state index contributed by atoms with van der Waals surface area (Å²) in [5, 5.41) is 3.45. The van der Waals surface area contributed by atoms with Crippen molar-refractivity contribution >= 4 is 5.69 Å². The third kappa shape index (κ3) is 3.05. The Kier molecular flexibility index (Phi) is 4.28. The van der Waals surface area contributed by atoms with Crippen molar-refractivity contribution in [2.45, 2.75) is 33.6 Å². The normalized spacial score (nSPS) is 19.2. The molecule has 1 fully saturated rings. The van der Waals surface area contributed by atoms with Gasteiger partial charge in [0.15, 0.2) is 0 Å². The lowest BCUT2D eigenvalue weighted by molar-refractivity contribution is 0.533. The number of nitrogens with one attached hydrogen (secondary N) is 1. The van der Waals surface area contributed by atoms with E-state index < -0.39 is 0 Å². The van der Waals surface area contributed by atoms with E-state index in [9.17, 15) is 0 Å². The first-order chi connectivity index (χ1) is 8.58. The van der Waals surface area contributed by atoms with Crippen LogP contribution in [0, 0.1) is 26.7 Å². The van der Waals surface area contributed by atoms with Crippen LogP contribution in [0.5, 0.6) is 0 Å². The number of aryl methyl sites for hydroxylation is 3. The van der Waals surface area contributed by atoms with Crippen molar-refractivity contribution in [3.63, 3.8) is 0 Å². The van der Waals surface area contributed by atoms with E-state index in [1.807, 2.05) is 0 Å². The summed E-state index contributed by atoms with van der Waals surface area (Å²) in [6.07, 6.45) is 2.65. The van der Waals surface area contributed by atoms with Gasteiger partial charge in [-0.1, -0.05) is 17.7 Å². The fraction of sp³-hybridized carbons (Fsp3) is 0.625. The largest absolute Gasteiger partial charge is 0.374 e. The van der Waals surface area contributed by atoms with Crippen LogP contribution in [0.15, 0.2) is 12.1 Å². The summed E-state index contributed by atoms with van der Waals surface area (Å²) in [6.45, 7) is 10.2. The Hall–Kier alpha value is -1.02. The van der Waals surface area contributed by atoms with Gasteiger partial charge in [-0.05, 0) is 63.7 Å². The maximum Gasteiger partial charge on any atom is 0.0423 e. The molecule has 0 saturated carbocycles. The topological polar surface area (TPSA) is 15.3 Å². The zero-order chi connectivity index (χ0) is 13.1. The van der Waals surface area contributed by atoms with Crippen LogP contribution in [0.25, 0.3) is 0 Å². The Morgan fingerprint density at radius 1 is 1.22 bits per heavy atom. The second kappa shape index (κ2) is 5.75. The second-order valence-corrected chi connectivity index (χ2v) is 5.82. The van der Waals surface area contributed by atoms with Crippen molar-refractivity contribution in [3.05, 3.63) is 28.8 Å². The molecule has 1 unspecified atom stereocenters. The van der Waals surface area contributed by atoms with Gasteiger partial charge in [0.2, 0.25) is 0 Å². The minimum absolute atomic E-state index is 0.874. The highest BCUT2D eigenvalue weighted by atomic mass is 15.1. The van der Waals surface area contributed by atoms with E-state index in [0.717, 1.165) is 12.5 Å². The number of rotatable bonds is 4. The highest BCUT2D eigenvalue weighted by Crippen LogP contribution is 2.26. The standard InChI is InChI=1S/C16H26N2/c1-12-9-13(2)16(14(3)10-12)18(4)8-6-15-5-7-17-11-15/h9-10,15,17H,5-8,11H2,1-4H3. The fourth-order valence-corrected chi connectivity index (χ4v) is 3.22. The summed E-state index contributed by atoms with van der Waals surface area (Å²) in [5.74, 6) is 0.874. The lowest BCUT2D eigenvalue weighted by atomic mass is 10.0. The molecule has 0 aromatic heterocycles. The first kappa shape index (κ1) is 13.4. The van der Waals surface area contributed by atoms with E-state index in [2.05, 4.69) is 50.2 Å². The van der Waals surface area contributed by atoms with Crippen molar-refractivity contribution in [3.8, 4) is 0 Å². The molecule has 1 heterocycles. The summed E-state index contributed by atoms with van der Waals surface area (Å²) < 4.78 is 0. The van der Waals surface area contributed by atoms with Gasteiger partial charge in [-0.3, -0.25) is 0 Å². The van der Waals surface area contributed by atoms with Gasteiger partial charge in [0.1, 0.15) is 0 Å². The summed E-state index contributed by atoms with van der Waals surface area (Å²) in [4.78, 5) is 2.43. The first-order valence-electron chi connectivity index (χ1n) is 7.07. The van der Waals surface area contributed by atoms with Crippen molar-refractivity contribution in [1.29, 1.82) is 0 Å². The number of hydrogen-bond donors (Lipinski definition) is 1. The van der Waals surface area contributed by atoms with Gasteiger partial charge in [0.05, 0.1) is 0 Å². The van der Waals surface area contributed by atoms with Gasteiger partial charge in [-0.25, -0.2) is 0 Å². The van der Waals surface area contributed by atoms with Crippen molar-refractivity contribution in [2.75, 3.05) is 31.6 Å². The molecule has 0 spiro atoms. The molecule has 1 N–H and O–H groups in total. The van der Waals surface area contributed by atoms with Gasteiger partial charge >= 0.3 is 0 Å². The molecule has 18 heavy (non-hydrogen) atoms. The summed E-state index contributed by atoms with van der Waals surface area (Å²) in [6, 6.07) is 4.58. The van der Waals surface area contributed by atoms with Crippen molar-refractivity contribution < 1.29 is 0 Å². The molecule has 1 aliphatic heterocycles. The van der Waals surface area contributed by atoms with E-state index in [0.29, 0.717) is 0 Å². The molecular weight excluding hydrogens is 220 g/mol. The summed E-state index contributed by atoms with van der Waals surface area (Å²) in [7, 11) is 2.23. The van der Waals surface area contributed by atoms with Crippen LogP contribution < -0.4 is 10.2 Å². The molecule has 1 aromatic rings. The minimum Gasteiger partial charge on any atom is -0.374 e. The van der Waals surface area contributed by atoms with Crippen LogP contribution in [0.1, 0.15) is 29.5 Å². The molecule has 2 rings (SSSR count). The van der Waals surface area contributed by atoms with Crippen LogP contribution in [-0.4, -0.2) is 26.7 Å². The number of anilines is 1. The predicted octanol–water partition coefficient (Wildman–Crippen LogP) is 3.05. The molecule has 1 atom stereocenters. The highest BCUT2D eigenvalue weighted by Gasteiger charge is 2.16. The Bertz CT molecular complexity index is 383. The van der Waals surface area contributed by atoms with Gasteiger partial charge in [-0.15, -0.1) is 0 Å². The number of hydrogen-bond acceptors (Lipinski definition) is 2. The molecule has 0 bridgehead atoms. The molecule has 1 saturated heterocycles. The molecule has 0 radical (unpaired) electrons. The minimum atomic E-state index is 0.874. The third-order valence-electron chi connectivity index (χ3n) is 4.05. The Labute approximate surface area is 111 Å².